The molecule has 41 heteroatoms. The zero-order valence-corrected chi connectivity index (χ0v) is 78.7. The van der Waals surface area contributed by atoms with Crippen molar-refractivity contribution in [3.63, 3.8) is 0 Å². The molecule has 17 rings (SSSR count). The standard InChI is InChI=1S/C104H89N13O28/c1-44-48(5)87(49(6)45(2)85(44)114-95(134)60-21-17-56-79-57(18-22-61(81(60)79)96(114)135)92(131)112(91(56)130)39-37-105-74(120)41-107-72(118)32-33-73(119)109-69(29-34-76(122)123)89(128)110-70(30-35-77(124)125)90(129)111-71(103(142)143)31-36-78(126)127)116-99(138)64-25-27-66-84-67(28-26-65(83(64)84)100(116)139)102(141)117(101(66)140)88-50(7)46(3)86(47(4)51(88)8)115-97(136)62-23-19-58-80-59(20-24-63(82(62)80)98(115)137)94(133)113(93(58)132)40-38-106-75(121)42-108-104(144)145-43-68-54-15-11-9-13-52(54)53-14-10-12-16-55(53)68/h9-28,68-71H,29-43H2,1-8H3,(H,105,120)(H,106,121)(H,107,118)(H,108,144)(H,109,119)(H,110,128)(H,111,129)(H,122,123)(H,124,125)(H,126,127)(H,142,143)/t69-,70-,71-/m0/s1. The number of amides is 19. The predicted octanol–water partition coefficient (Wildman–Crippen LogP) is 7.81. The second kappa shape index (κ2) is 38.4. The Morgan fingerprint density at radius 3 is 0.834 bits per heavy atom. The molecule has 738 valence electrons. The fourth-order valence-corrected chi connectivity index (χ4v) is 20.3. The fraction of sp³-hybridized carbons (Fsp3) is 0.260. The van der Waals surface area contributed by atoms with E-state index in [-0.39, 0.29) is 176 Å². The number of hydrogen-bond acceptors (Lipinski definition) is 24. The first kappa shape index (κ1) is 98.4. The minimum Gasteiger partial charge on any atom is -0.481 e. The Kier molecular flexibility index (Phi) is 26.1. The van der Waals surface area contributed by atoms with Crippen molar-refractivity contribution in [3.8, 4) is 11.1 Å². The molecule has 0 saturated carbocycles. The van der Waals surface area contributed by atoms with Crippen molar-refractivity contribution in [3.05, 3.63) is 244 Å². The molecule has 0 fully saturated rings. The average molecular weight is 1970 g/mol. The molecule has 11 N–H and O–H groups in total. The maximum atomic E-state index is 15.4. The van der Waals surface area contributed by atoms with Crippen molar-refractivity contribution in [2.24, 2.45) is 0 Å². The summed E-state index contributed by atoms with van der Waals surface area (Å²) in [6, 6.07) is 26.7. The van der Waals surface area contributed by atoms with Gasteiger partial charge in [-0.15, -0.1) is 0 Å². The van der Waals surface area contributed by atoms with Gasteiger partial charge in [-0.05, 0) is 214 Å². The number of fused-ring (bicyclic) bond motifs is 3. The molecule has 0 radical (unpaired) electrons. The normalized spacial score (nSPS) is 14.9. The van der Waals surface area contributed by atoms with E-state index in [9.17, 15) is 87.2 Å². The van der Waals surface area contributed by atoms with Crippen molar-refractivity contribution < 1.29 is 135 Å². The van der Waals surface area contributed by atoms with E-state index >= 15 is 38.4 Å². The van der Waals surface area contributed by atoms with Crippen LogP contribution in [0, 0.1) is 55.4 Å². The molecule has 145 heavy (non-hydrogen) atoms. The third-order valence-corrected chi connectivity index (χ3v) is 27.8. The monoisotopic (exact) mass is 1970 g/mol. The zero-order valence-electron chi connectivity index (χ0n) is 78.7. The highest BCUT2D eigenvalue weighted by Crippen LogP contribution is 2.51. The Morgan fingerprint density at radius 1 is 0.290 bits per heavy atom. The molecular weight excluding hydrogens is 1880 g/mol. The summed E-state index contributed by atoms with van der Waals surface area (Å²) in [7, 11) is 0. The van der Waals surface area contributed by atoms with E-state index in [4.69, 9.17) is 9.84 Å². The van der Waals surface area contributed by atoms with Gasteiger partial charge in [-0.2, -0.15) is 0 Å². The van der Waals surface area contributed by atoms with Crippen molar-refractivity contribution in [2.45, 2.75) is 131 Å². The molecule has 0 unspecified atom stereocenters. The number of rotatable bonds is 34. The first-order valence-electron chi connectivity index (χ1n) is 46.0. The summed E-state index contributed by atoms with van der Waals surface area (Å²) in [5.41, 5.74) is 6.24. The van der Waals surface area contributed by atoms with E-state index in [1.807, 2.05) is 53.8 Å². The summed E-state index contributed by atoms with van der Waals surface area (Å²) in [5, 5.41) is 53.6. The number of carbonyl (C=O) groups is 23. The van der Waals surface area contributed by atoms with Crippen molar-refractivity contribution in [1.82, 2.24) is 47.0 Å². The lowest BCUT2D eigenvalue weighted by molar-refractivity contribution is -0.144. The molecule has 19 amide bonds. The van der Waals surface area contributed by atoms with Gasteiger partial charge in [0, 0.05) is 163 Å². The van der Waals surface area contributed by atoms with Gasteiger partial charge in [0.1, 0.15) is 24.7 Å². The molecule has 0 bridgehead atoms. The summed E-state index contributed by atoms with van der Waals surface area (Å²) >= 11 is 0. The highest BCUT2D eigenvalue weighted by Gasteiger charge is 2.49. The second-order valence-corrected chi connectivity index (χ2v) is 35.9. The van der Waals surface area contributed by atoms with Crippen molar-refractivity contribution >= 4 is 191 Å². The van der Waals surface area contributed by atoms with Gasteiger partial charge in [-0.3, -0.25) is 110 Å². The number of nitrogens with one attached hydrogen (secondary N) is 7. The first-order valence-corrected chi connectivity index (χ1v) is 46.0. The van der Waals surface area contributed by atoms with Crippen LogP contribution in [-0.4, -0.2) is 231 Å². The maximum Gasteiger partial charge on any atom is 0.407 e. The van der Waals surface area contributed by atoms with Crippen LogP contribution in [0.3, 0.4) is 0 Å². The maximum absolute atomic E-state index is 15.4. The quantitative estimate of drug-likeness (QED) is 0.0171. The summed E-state index contributed by atoms with van der Waals surface area (Å²) in [6.45, 7) is 10.3. The molecule has 1 aliphatic carbocycles. The molecule has 41 nitrogen and oxygen atoms in total. The van der Waals surface area contributed by atoms with E-state index in [0.29, 0.717) is 22.3 Å². The minimum atomic E-state index is -1.79. The SMILES string of the molecule is Cc1c(C)c(N2C(=O)c3ccc4c5c(ccc(c35)C2=O)C(=O)N(c2c(C)c(C)c(N3C(=O)c5ccc6c7c(ccc(c57)C3=O)C(=O)N(CCNC(=O)CNC(=O)OCC3c5ccccc5-c5ccccc53)C6=O)c(C)c2C)C4=O)c(C)c(C)c1N1C(=O)c2ccc3c4c(ccc(c24)C1=O)C(=O)N(CCNC(=O)CNC(=O)CCC(=O)N[C@@H](CCC(=O)O)C(=O)N[C@@H](CCC(=O)O)C(=O)N[C@@H](CCC(=O)O)C(=O)O)C3=O. The minimum absolute atomic E-state index is 0.00755. The van der Waals surface area contributed by atoms with E-state index in [0.717, 1.165) is 51.7 Å². The van der Waals surface area contributed by atoms with Crippen LogP contribution < -0.4 is 56.8 Å². The van der Waals surface area contributed by atoms with Crippen LogP contribution in [0.5, 0.6) is 0 Å². The van der Waals surface area contributed by atoms with Gasteiger partial charge in [-0.1, -0.05) is 48.5 Å². The number of benzene rings is 10. The zero-order chi connectivity index (χ0) is 104. The van der Waals surface area contributed by atoms with Gasteiger partial charge in [0.25, 0.3) is 70.9 Å². The van der Waals surface area contributed by atoms with Crippen LogP contribution in [0.25, 0.3) is 43.4 Å². The van der Waals surface area contributed by atoms with Gasteiger partial charge >= 0.3 is 30.0 Å². The Balaban J connectivity index is 0.528. The molecule has 10 aromatic carbocycles. The van der Waals surface area contributed by atoms with Gasteiger partial charge in [0.05, 0.1) is 35.8 Å². The first-order chi connectivity index (χ1) is 69.0. The van der Waals surface area contributed by atoms with Crippen LogP contribution in [-0.2, 0) is 52.7 Å². The summed E-state index contributed by atoms with van der Waals surface area (Å²) in [6.07, 6.45) is -6.12. The molecule has 0 spiro atoms. The Labute approximate surface area is 820 Å². The van der Waals surface area contributed by atoms with Gasteiger partial charge in [0.15, 0.2) is 0 Å². The third-order valence-electron chi connectivity index (χ3n) is 27.8. The van der Waals surface area contributed by atoms with Crippen LogP contribution >= 0.6 is 0 Å². The van der Waals surface area contributed by atoms with Crippen LogP contribution in [0.2, 0.25) is 0 Å². The number of carboxylic acid groups (broad SMARTS) is 4. The van der Waals surface area contributed by atoms with E-state index in [1.165, 1.54) is 72.8 Å². The molecule has 3 atom stereocenters. The number of aliphatic carboxylic acids is 4. The number of carbonyl (C=O) groups excluding carboxylic acids is 19. The number of hydrogen-bond donors (Lipinski definition) is 11. The number of carboxylic acids is 4. The van der Waals surface area contributed by atoms with E-state index in [2.05, 4.69) is 31.9 Å². The Bertz CT molecular complexity index is 7350. The lowest BCUT2D eigenvalue weighted by atomic mass is 9.83. The molecule has 7 aliphatic rings. The van der Waals surface area contributed by atoms with Crippen molar-refractivity contribution in [2.75, 3.05) is 65.5 Å². The lowest BCUT2D eigenvalue weighted by Gasteiger charge is -2.37. The number of alkyl carbamates (subject to hydrolysis) is 1. The molecule has 6 aliphatic heterocycles. The Hall–Kier alpha value is -18.2. The second-order valence-electron chi connectivity index (χ2n) is 35.9. The summed E-state index contributed by atoms with van der Waals surface area (Å²) in [4.78, 5) is 323. The van der Waals surface area contributed by atoms with Crippen LogP contribution in [0.1, 0.15) is 237 Å². The van der Waals surface area contributed by atoms with Crippen molar-refractivity contribution in [1.29, 1.82) is 0 Å². The fourth-order valence-electron chi connectivity index (χ4n) is 20.3. The summed E-state index contributed by atoms with van der Waals surface area (Å²) < 4.78 is 5.56. The Morgan fingerprint density at radius 2 is 0.545 bits per heavy atom. The topological polar surface area (TPSA) is 586 Å². The van der Waals surface area contributed by atoms with Gasteiger partial charge in [0.2, 0.25) is 35.4 Å². The molecule has 0 saturated heterocycles. The lowest BCUT2D eigenvalue weighted by Crippen LogP contribution is -2.56. The number of imide groups is 6. The number of anilines is 4. The highest BCUT2D eigenvalue weighted by molar-refractivity contribution is 6.45. The highest BCUT2D eigenvalue weighted by atomic mass is 16.5. The molecule has 6 heterocycles. The third kappa shape index (κ3) is 17.0. The molecule has 0 aromatic heterocycles. The smallest absolute Gasteiger partial charge is 0.407 e. The van der Waals surface area contributed by atoms with Gasteiger partial charge in [-0.25, -0.2) is 29.2 Å². The average Bonchev–Trinajstić information content (AvgIpc) is 1.54. The van der Waals surface area contributed by atoms with Crippen LogP contribution in [0.15, 0.2) is 121 Å². The van der Waals surface area contributed by atoms with E-state index in [1.54, 1.807) is 55.4 Å². The van der Waals surface area contributed by atoms with Gasteiger partial charge < -0.3 is 62.4 Å². The largest absolute Gasteiger partial charge is 0.481 e. The molecule has 10 aromatic rings. The molecular formula is C104H89N13O28. The van der Waals surface area contributed by atoms with E-state index < -0.39 is 225 Å². The number of nitrogens with zero attached hydrogens (tertiary/aromatic N) is 6. The predicted molar refractivity (Wildman–Crippen MR) is 513 cm³/mol. The van der Waals surface area contributed by atoms with Crippen LogP contribution in [0.4, 0.5) is 27.5 Å². The summed E-state index contributed by atoms with van der Waals surface area (Å²) in [5.74, 6) is -22.0. The number of ether oxygens (including phenoxy) is 1.